The summed E-state index contributed by atoms with van der Waals surface area (Å²) >= 11 is -2.66. The molecule has 1 heterocycles. The molecule has 0 aromatic heterocycles. The second-order valence-electron chi connectivity index (χ2n) is 6.29. The predicted molar refractivity (Wildman–Crippen MR) is 81.5 cm³/mol. The number of amides is 2. The van der Waals surface area contributed by atoms with Gasteiger partial charge in [-0.2, -0.15) is 4.21 Å². The Morgan fingerprint density at radius 3 is 1.64 bits per heavy atom. The van der Waals surface area contributed by atoms with Crippen molar-refractivity contribution >= 4 is 23.2 Å². The van der Waals surface area contributed by atoms with E-state index in [2.05, 4.69) is 4.28 Å². The summed E-state index contributed by atoms with van der Waals surface area (Å²) < 4.78 is 24.4. The summed E-state index contributed by atoms with van der Waals surface area (Å²) in [5, 5.41) is 0.574. The highest BCUT2D eigenvalue weighted by Crippen LogP contribution is 2.31. The SMILES string of the molecule is O=C1C2CCCCCCCCC[C@H](CC2)C(=O)N1OS(=O)O. The van der Waals surface area contributed by atoms with Crippen LogP contribution in [0, 0.1) is 11.8 Å². The zero-order valence-corrected chi connectivity index (χ0v) is 13.7. The third-order valence-corrected chi connectivity index (χ3v) is 4.98. The van der Waals surface area contributed by atoms with Crippen molar-refractivity contribution in [3.05, 3.63) is 0 Å². The molecule has 6 nitrogen and oxygen atoms in total. The number of hydroxylamine groups is 2. The molecule has 7 heteroatoms. The summed E-state index contributed by atoms with van der Waals surface area (Å²) in [6, 6.07) is 0. The van der Waals surface area contributed by atoms with Crippen molar-refractivity contribution in [3.8, 4) is 0 Å². The second-order valence-corrected chi connectivity index (χ2v) is 6.87. The zero-order valence-electron chi connectivity index (χ0n) is 12.9. The van der Waals surface area contributed by atoms with Crippen LogP contribution in [0.3, 0.4) is 0 Å². The molecule has 1 aliphatic heterocycles. The Labute approximate surface area is 134 Å². The second kappa shape index (κ2) is 8.74. The van der Waals surface area contributed by atoms with Crippen molar-refractivity contribution in [2.24, 2.45) is 11.8 Å². The van der Waals surface area contributed by atoms with Gasteiger partial charge < -0.3 is 0 Å². The molecule has 22 heavy (non-hydrogen) atoms. The Morgan fingerprint density at radius 2 is 1.23 bits per heavy atom. The molecule has 2 aliphatic rings. The Balaban J connectivity index is 2.16. The van der Waals surface area contributed by atoms with Crippen LogP contribution in [-0.4, -0.2) is 25.6 Å². The Bertz CT molecular complexity index is 398. The van der Waals surface area contributed by atoms with E-state index in [9.17, 15) is 13.8 Å². The molecule has 2 fully saturated rings. The van der Waals surface area contributed by atoms with E-state index in [0.717, 1.165) is 38.5 Å². The highest BCUT2D eigenvalue weighted by atomic mass is 32.2. The van der Waals surface area contributed by atoms with Gasteiger partial charge >= 0.3 is 11.4 Å². The molecular weight excluding hydrogens is 306 g/mol. The van der Waals surface area contributed by atoms with Crippen molar-refractivity contribution in [2.45, 2.75) is 70.6 Å². The fourth-order valence-electron chi connectivity index (χ4n) is 3.43. The van der Waals surface area contributed by atoms with Crippen LogP contribution in [-0.2, 0) is 25.2 Å². The summed E-state index contributed by atoms with van der Waals surface area (Å²) in [5.74, 6) is -1.46. The Hall–Kier alpha value is -0.790. The van der Waals surface area contributed by atoms with Crippen LogP contribution >= 0.6 is 0 Å². The molecule has 1 saturated heterocycles. The summed E-state index contributed by atoms with van der Waals surface area (Å²) in [5.41, 5.74) is 0. The summed E-state index contributed by atoms with van der Waals surface area (Å²) in [7, 11) is 0. The average molecular weight is 331 g/mol. The maximum absolute atomic E-state index is 12.5. The lowest BCUT2D eigenvalue weighted by molar-refractivity contribution is -0.175. The van der Waals surface area contributed by atoms with Gasteiger partial charge in [0.25, 0.3) is 11.8 Å². The average Bonchev–Trinajstić information content (AvgIpc) is 2.58. The van der Waals surface area contributed by atoms with E-state index in [4.69, 9.17) is 4.55 Å². The summed E-state index contributed by atoms with van der Waals surface area (Å²) in [6.07, 6.45) is 10.4. The van der Waals surface area contributed by atoms with E-state index in [0.29, 0.717) is 17.9 Å². The molecule has 2 unspecified atom stereocenters. The van der Waals surface area contributed by atoms with Crippen molar-refractivity contribution in [1.29, 1.82) is 0 Å². The van der Waals surface area contributed by atoms with Crippen molar-refractivity contribution in [2.75, 3.05) is 0 Å². The van der Waals surface area contributed by atoms with Gasteiger partial charge in [-0.15, -0.1) is 9.35 Å². The molecule has 0 aromatic rings. The monoisotopic (exact) mass is 331 g/mol. The zero-order chi connectivity index (χ0) is 15.9. The number of hydrogen-bond donors (Lipinski definition) is 1. The number of rotatable bonds is 2. The van der Waals surface area contributed by atoms with Crippen molar-refractivity contribution in [3.63, 3.8) is 0 Å². The Kier molecular flexibility index (Phi) is 6.98. The van der Waals surface area contributed by atoms with Crippen LogP contribution in [0.15, 0.2) is 0 Å². The minimum absolute atomic E-state index is 0.279. The molecule has 0 aromatic carbocycles. The molecule has 2 amide bonds. The summed E-state index contributed by atoms with van der Waals surface area (Å²) in [4.78, 5) is 24.9. The lowest BCUT2D eigenvalue weighted by atomic mass is 9.91. The van der Waals surface area contributed by atoms with Gasteiger partial charge in [0.05, 0.1) is 0 Å². The molecule has 1 N–H and O–H groups in total. The lowest BCUT2D eigenvalue weighted by Crippen LogP contribution is -2.41. The highest BCUT2D eigenvalue weighted by molar-refractivity contribution is 7.74. The molecular formula is C15H25NO5S. The van der Waals surface area contributed by atoms with Gasteiger partial charge in [0, 0.05) is 11.8 Å². The Morgan fingerprint density at radius 1 is 0.818 bits per heavy atom. The minimum Gasteiger partial charge on any atom is -0.282 e. The van der Waals surface area contributed by atoms with Gasteiger partial charge in [0.1, 0.15) is 0 Å². The van der Waals surface area contributed by atoms with E-state index < -0.39 is 23.2 Å². The van der Waals surface area contributed by atoms with Gasteiger partial charge in [-0.1, -0.05) is 44.9 Å². The highest BCUT2D eigenvalue weighted by Gasteiger charge is 2.39. The number of nitrogens with zero attached hydrogens (tertiary/aromatic N) is 1. The number of carbonyl (C=O) groups excluding carboxylic acids is 2. The van der Waals surface area contributed by atoms with E-state index in [1.54, 1.807) is 0 Å². The van der Waals surface area contributed by atoms with E-state index in [1.807, 2.05) is 0 Å². The lowest BCUT2D eigenvalue weighted by Gasteiger charge is -2.21. The van der Waals surface area contributed by atoms with Crippen LogP contribution in [0.1, 0.15) is 70.6 Å². The largest absolute Gasteiger partial charge is 0.325 e. The first-order chi connectivity index (χ1) is 10.6. The quantitative estimate of drug-likeness (QED) is 0.621. The van der Waals surface area contributed by atoms with Gasteiger partial charge in [0.2, 0.25) is 0 Å². The normalized spacial score (nSPS) is 30.1. The molecule has 0 radical (unpaired) electrons. The molecule has 0 spiro atoms. The first-order valence-electron chi connectivity index (χ1n) is 8.26. The van der Waals surface area contributed by atoms with E-state index in [-0.39, 0.29) is 11.8 Å². The van der Waals surface area contributed by atoms with Gasteiger partial charge in [-0.05, 0) is 25.7 Å². The number of fused-ring (bicyclic) bond motifs is 3. The first kappa shape index (κ1) is 17.6. The number of hydrogen-bond acceptors (Lipinski definition) is 4. The minimum atomic E-state index is -2.66. The van der Waals surface area contributed by atoms with Crippen LogP contribution < -0.4 is 0 Å². The first-order valence-corrected chi connectivity index (χ1v) is 9.30. The molecule has 1 aliphatic carbocycles. The van der Waals surface area contributed by atoms with Crippen molar-refractivity contribution in [1.82, 2.24) is 5.06 Å². The smallest absolute Gasteiger partial charge is 0.282 e. The predicted octanol–water partition coefficient (Wildman–Crippen LogP) is 2.96. The van der Waals surface area contributed by atoms with E-state index in [1.165, 1.54) is 19.3 Å². The van der Waals surface area contributed by atoms with Gasteiger partial charge in [0.15, 0.2) is 0 Å². The van der Waals surface area contributed by atoms with Crippen LogP contribution in [0.25, 0.3) is 0 Å². The molecule has 1 saturated carbocycles. The van der Waals surface area contributed by atoms with Gasteiger partial charge in [-0.25, -0.2) is 0 Å². The van der Waals surface area contributed by atoms with E-state index >= 15 is 0 Å². The fraction of sp³-hybridized carbons (Fsp3) is 0.867. The van der Waals surface area contributed by atoms with Crippen molar-refractivity contribution < 1.29 is 22.6 Å². The van der Waals surface area contributed by atoms with Crippen LogP contribution in [0.2, 0.25) is 0 Å². The molecule has 3 atom stereocenters. The standard InChI is InChI=1S/C15H25NO5S/c17-14-12-8-6-4-2-1-3-5-7-9-13(11-10-12)15(18)16(14)21-22(19)20/h12-13H,1-11H2,(H,19,20)/t12-,13?/m1/s1. The van der Waals surface area contributed by atoms with Crippen LogP contribution in [0.4, 0.5) is 0 Å². The maximum Gasteiger partial charge on any atom is 0.325 e. The maximum atomic E-state index is 12.5. The molecule has 2 rings (SSSR count). The topological polar surface area (TPSA) is 83.9 Å². The number of imide groups is 1. The summed E-state index contributed by atoms with van der Waals surface area (Å²) in [6.45, 7) is 0. The fourth-order valence-corrected chi connectivity index (χ4v) is 3.70. The molecule has 2 bridgehead atoms. The van der Waals surface area contributed by atoms with Crippen LogP contribution in [0.5, 0.6) is 0 Å². The van der Waals surface area contributed by atoms with Gasteiger partial charge in [-0.3, -0.25) is 14.1 Å². The third kappa shape index (κ3) is 4.86. The number of carbonyl (C=O) groups is 2. The molecule has 126 valence electrons. The third-order valence-electron chi connectivity index (χ3n) is 4.71.